The first-order valence-corrected chi connectivity index (χ1v) is 10.2. The number of pyridine rings is 1. The number of rotatable bonds is 6. The maximum Gasteiger partial charge on any atom is 0.266 e. The summed E-state index contributed by atoms with van der Waals surface area (Å²) in [6.45, 7) is 5.78. The lowest BCUT2D eigenvalue weighted by atomic mass is 10.1. The smallest absolute Gasteiger partial charge is 0.266 e. The molecule has 2 aromatic carbocycles. The van der Waals surface area contributed by atoms with E-state index in [4.69, 9.17) is 4.74 Å². The number of anilines is 3. The quantitative estimate of drug-likeness (QED) is 0.637. The van der Waals surface area contributed by atoms with E-state index in [2.05, 4.69) is 15.0 Å². The molecule has 6 nitrogen and oxygen atoms in total. The van der Waals surface area contributed by atoms with Gasteiger partial charge in [-0.25, -0.2) is 13.4 Å². The summed E-state index contributed by atoms with van der Waals surface area (Å²) in [5.74, 6) is 0.531. The van der Waals surface area contributed by atoms with Crippen LogP contribution in [0.4, 0.5) is 17.2 Å². The summed E-state index contributed by atoms with van der Waals surface area (Å²) in [4.78, 5) is 4.29. The molecule has 0 aliphatic heterocycles. The first-order chi connectivity index (χ1) is 13.3. The predicted molar refractivity (Wildman–Crippen MR) is 112 cm³/mol. The number of sulfonamides is 1. The standard InChI is InChI=1S/C21H23N3O3S/c1-14-6-5-7-17(10-14)23-18-8-9-21(22-13-18)24-28(25,26)20-12-16(3)15(2)11-19(20)27-4/h5-13,23H,1-4H3,(H,22,24). The van der Waals surface area contributed by atoms with Crippen molar-refractivity contribution in [2.45, 2.75) is 25.7 Å². The van der Waals surface area contributed by atoms with Crippen LogP contribution in [0.1, 0.15) is 16.7 Å². The number of ether oxygens (including phenoxy) is 1. The molecule has 0 spiro atoms. The number of aromatic nitrogens is 1. The number of nitrogens with one attached hydrogen (secondary N) is 2. The molecule has 0 radical (unpaired) electrons. The highest BCUT2D eigenvalue weighted by Crippen LogP contribution is 2.29. The van der Waals surface area contributed by atoms with Crippen LogP contribution in [0.5, 0.6) is 5.75 Å². The molecule has 0 saturated carbocycles. The van der Waals surface area contributed by atoms with Crippen LogP contribution in [0.2, 0.25) is 0 Å². The van der Waals surface area contributed by atoms with Gasteiger partial charge in [-0.15, -0.1) is 0 Å². The monoisotopic (exact) mass is 397 g/mol. The molecular weight excluding hydrogens is 374 g/mol. The molecule has 0 fully saturated rings. The van der Waals surface area contributed by atoms with Crippen LogP contribution in [-0.4, -0.2) is 20.5 Å². The minimum Gasteiger partial charge on any atom is -0.495 e. The van der Waals surface area contributed by atoms with Gasteiger partial charge >= 0.3 is 0 Å². The Morgan fingerprint density at radius 3 is 2.32 bits per heavy atom. The van der Waals surface area contributed by atoms with Gasteiger partial charge in [-0.1, -0.05) is 12.1 Å². The molecule has 0 bridgehead atoms. The highest BCUT2D eigenvalue weighted by molar-refractivity contribution is 7.92. The van der Waals surface area contributed by atoms with Crippen molar-refractivity contribution in [1.29, 1.82) is 0 Å². The van der Waals surface area contributed by atoms with Crippen LogP contribution in [0.25, 0.3) is 0 Å². The number of hydrogen-bond acceptors (Lipinski definition) is 5. The zero-order valence-electron chi connectivity index (χ0n) is 16.3. The van der Waals surface area contributed by atoms with E-state index >= 15 is 0 Å². The number of aryl methyl sites for hydroxylation is 3. The third kappa shape index (κ3) is 4.43. The van der Waals surface area contributed by atoms with E-state index in [0.717, 1.165) is 28.1 Å². The number of hydrogen-bond donors (Lipinski definition) is 2. The maximum absolute atomic E-state index is 12.8. The van der Waals surface area contributed by atoms with Crippen molar-refractivity contribution in [3.63, 3.8) is 0 Å². The first kappa shape index (κ1) is 19.7. The van der Waals surface area contributed by atoms with E-state index in [9.17, 15) is 8.42 Å². The Morgan fingerprint density at radius 1 is 0.929 bits per heavy atom. The van der Waals surface area contributed by atoms with Crippen molar-refractivity contribution in [1.82, 2.24) is 4.98 Å². The Bertz CT molecular complexity index is 1090. The molecule has 0 unspecified atom stereocenters. The van der Waals surface area contributed by atoms with Gasteiger partial charge in [0.1, 0.15) is 16.5 Å². The van der Waals surface area contributed by atoms with Crippen LogP contribution in [0.15, 0.2) is 59.6 Å². The molecule has 3 aromatic rings. The lowest BCUT2D eigenvalue weighted by Gasteiger charge is -2.14. The molecule has 0 atom stereocenters. The van der Waals surface area contributed by atoms with E-state index in [-0.39, 0.29) is 10.7 Å². The predicted octanol–water partition coefficient (Wildman–Crippen LogP) is 4.56. The first-order valence-electron chi connectivity index (χ1n) is 8.76. The van der Waals surface area contributed by atoms with Crippen LogP contribution in [0, 0.1) is 20.8 Å². The molecule has 0 saturated heterocycles. The number of benzene rings is 2. The van der Waals surface area contributed by atoms with Gasteiger partial charge in [-0.05, 0) is 73.9 Å². The summed E-state index contributed by atoms with van der Waals surface area (Å²) in [7, 11) is -2.38. The molecule has 0 aliphatic rings. The fourth-order valence-corrected chi connectivity index (χ4v) is 3.99. The third-order valence-corrected chi connectivity index (χ3v) is 5.75. The Balaban J connectivity index is 1.81. The van der Waals surface area contributed by atoms with Crippen molar-refractivity contribution < 1.29 is 13.2 Å². The Morgan fingerprint density at radius 2 is 1.68 bits per heavy atom. The van der Waals surface area contributed by atoms with Crippen molar-refractivity contribution in [2.24, 2.45) is 0 Å². The minimum atomic E-state index is -3.83. The van der Waals surface area contributed by atoms with Gasteiger partial charge in [0.25, 0.3) is 10.0 Å². The topological polar surface area (TPSA) is 80.3 Å². The van der Waals surface area contributed by atoms with E-state index in [1.54, 1.807) is 30.5 Å². The Kier molecular flexibility index (Phi) is 5.56. The average molecular weight is 398 g/mol. The summed E-state index contributed by atoms with van der Waals surface area (Å²) in [5.41, 5.74) is 4.67. The summed E-state index contributed by atoms with van der Waals surface area (Å²) < 4.78 is 33.4. The lowest BCUT2D eigenvalue weighted by molar-refractivity contribution is 0.402. The fraction of sp³-hybridized carbons (Fsp3) is 0.190. The molecule has 7 heteroatoms. The van der Waals surface area contributed by atoms with E-state index in [1.807, 2.05) is 45.0 Å². The molecular formula is C21H23N3O3S. The fourth-order valence-electron chi connectivity index (χ4n) is 2.74. The van der Waals surface area contributed by atoms with Crippen molar-refractivity contribution >= 4 is 27.2 Å². The highest BCUT2D eigenvalue weighted by atomic mass is 32.2. The minimum absolute atomic E-state index is 0.0851. The largest absolute Gasteiger partial charge is 0.495 e. The summed E-state index contributed by atoms with van der Waals surface area (Å²) in [6, 6.07) is 14.6. The SMILES string of the molecule is COc1cc(C)c(C)cc1S(=O)(=O)Nc1ccc(Nc2cccc(C)c2)cn1. The number of nitrogens with zero attached hydrogens (tertiary/aromatic N) is 1. The van der Waals surface area contributed by atoms with Gasteiger partial charge in [0.15, 0.2) is 0 Å². The van der Waals surface area contributed by atoms with Crippen LogP contribution >= 0.6 is 0 Å². The zero-order chi connectivity index (χ0) is 20.3. The van der Waals surface area contributed by atoms with Crippen molar-refractivity contribution in [2.75, 3.05) is 17.1 Å². The van der Waals surface area contributed by atoms with Crippen molar-refractivity contribution in [3.05, 3.63) is 71.4 Å². The summed E-state index contributed by atoms with van der Waals surface area (Å²) in [6.07, 6.45) is 1.58. The van der Waals surface area contributed by atoms with E-state index in [1.165, 1.54) is 7.11 Å². The Hall–Kier alpha value is -3.06. The third-order valence-electron chi connectivity index (χ3n) is 4.38. The molecule has 3 rings (SSSR count). The molecule has 28 heavy (non-hydrogen) atoms. The van der Waals surface area contributed by atoms with Gasteiger partial charge in [-0.2, -0.15) is 0 Å². The summed E-state index contributed by atoms with van der Waals surface area (Å²) in [5, 5.41) is 3.24. The molecule has 1 heterocycles. The van der Waals surface area contributed by atoms with Gasteiger partial charge in [0, 0.05) is 5.69 Å². The zero-order valence-corrected chi connectivity index (χ0v) is 17.1. The second-order valence-corrected chi connectivity index (χ2v) is 8.27. The second kappa shape index (κ2) is 7.90. The second-order valence-electron chi connectivity index (χ2n) is 6.62. The van der Waals surface area contributed by atoms with Crippen LogP contribution < -0.4 is 14.8 Å². The van der Waals surface area contributed by atoms with Gasteiger partial charge in [0.2, 0.25) is 0 Å². The highest BCUT2D eigenvalue weighted by Gasteiger charge is 2.21. The Labute approximate surface area is 165 Å². The number of methoxy groups -OCH3 is 1. The van der Waals surface area contributed by atoms with Gasteiger partial charge < -0.3 is 10.1 Å². The van der Waals surface area contributed by atoms with Gasteiger partial charge in [-0.3, -0.25) is 4.72 Å². The van der Waals surface area contributed by atoms with E-state index in [0.29, 0.717) is 5.75 Å². The molecule has 0 amide bonds. The molecule has 146 valence electrons. The molecule has 1 aromatic heterocycles. The summed E-state index contributed by atoms with van der Waals surface area (Å²) >= 11 is 0. The normalized spacial score (nSPS) is 11.1. The van der Waals surface area contributed by atoms with Crippen molar-refractivity contribution in [3.8, 4) is 5.75 Å². The average Bonchev–Trinajstić information content (AvgIpc) is 2.65. The van der Waals surface area contributed by atoms with Gasteiger partial charge in [0.05, 0.1) is 19.0 Å². The van der Waals surface area contributed by atoms with Crippen LogP contribution in [0.3, 0.4) is 0 Å². The molecule has 0 aliphatic carbocycles. The lowest BCUT2D eigenvalue weighted by Crippen LogP contribution is -2.15. The van der Waals surface area contributed by atoms with E-state index < -0.39 is 10.0 Å². The molecule has 2 N–H and O–H groups in total. The maximum atomic E-state index is 12.8. The van der Waals surface area contributed by atoms with Crippen LogP contribution in [-0.2, 0) is 10.0 Å².